The van der Waals surface area contributed by atoms with Crippen molar-refractivity contribution in [2.24, 2.45) is 11.3 Å². The highest BCUT2D eigenvalue weighted by Gasteiger charge is 2.43. The van der Waals surface area contributed by atoms with Crippen molar-refractivity contribution in [1.82, 2.24) is 5.32 Å². The third-order valence-corrected chi connectivity index (χ3v) is 3.83. The van der Waals surface area contributed by atoms with Crippen LogP contribution >= 0.6 is 0 Å². The fourth-order valence-electron chi connectivity index (χ4n) is 2.48. The fraction of sp³-hybridized carbons (Fsp3) is 1.00. The number of ether oxygens (including phenoxy) is 2. The molecule has 3 nitrogen and oxygen atoms in total. The third kappa shape index (κ3) is 2.92. The van der Waals surface area contributed by atoms with E-state index in [2.05, 4.69) is 26.1 Å². The molecule has 1 aliphatic rings. The van der Waals surface area contributed by atoms with E-state index in [-0.39, 0.29) is 0 Å². The highest BCUT2D eigenvalue weighted by atomic mass is 16.5. The van der Waals surface area contributed by atoms with Crippen LogP contribution in [-0.4, -0.2) is 39.5 Å². The highest BCUT2D eigenvalue weighted by Crippen LogP contribution is 2.40. The Morgan fingerprint density at radius 1 is 1.53 bits per heavy atom. The monoisotopic (exact) mass is 215 g/mol. The Bertz CT molecular complexity index is 184. The zero-order valence-corrected chi connectivity index (χ0v) is 10.5. The summed E-state index contributed by atoms with van der Waals surface area (Å²) in [5.41, 5.74) is 0.313. The first-order valence-corrected chi connectivity index (χ1v) is 5.94. The topological polar surface area (TPSA) is 30.5 Å². The van der Waals surface area contributed by atoms with Crippen LogP contribution in [0, 0.1) is 11.3 Å². The van der Waals surface area contributed by atoms with E-state index in [4.69, 9.17) is 9.47 Å². The van der Waals surface area contributed by atoms with Gasteiger partial charge in [-0.2, -0.15) is 0 Å². The Morgan fingerprint density at radius 3 is 2.73 bits per heavy atom. The Morgan fingerprint density at radius 2 is 2.27 bits per heavy atom. The molecule has 0 aromatic rings. The van der Waals surface area contributed by atoms with Gasteiger partial charge < -0.3 is 14.8 Å². The summed E-state index contributed by atoms with van der Waals surface area (Å²) in [7, 11) is 1.74. The Kier molecular flexibility index (Phi) is 5.03. The van der Waals surface area contributed by atoms with Gasteiger partial charge in [-0.25, -0.2) is 0 Å². The molecule has 0 saturated carbocycles. The summed E-state index contributed by atoms with van der Waals surface area (Å²) < 4.78 is 10.7. The van der Waals surface area contributed by atoms with E-state index >= 15 is 0 Å². The standard InChI is InChI=1S/C12H25NO2/c1-10(2)12(5-7-15-11(12)3)9-13-6-8-14-4/h10-11,13H,5-9H2,1-4H3. The van der Waals surface area contributed by atoms with Crippen molar-refractivity contribution in [3.63, 3.8) is 0 Å². The smallest absolute Gasteiger partial charge is 0.0618 e. The van der Waals surface area contributed by atoms with Gasteiger partial charge in [0.2, 0.25) is 0 Å². The van der Waals surface area contributed by atoms with E-state index in [9.17, 15) is 0 Å². The van der Waals surface area contributed by atoms with Crippen molar-refractivity contribution in [2.45, 2.75) is 33.3 Å². The minimum absolute atomic E-state index is 0.313. The molecule has 0 aliphatic carbocycles. The summed E-state index contributed by atoms with van der Waals surface area (Å²) in [6.07, 6.45) is 1.54. The molecule has 2 unspecified atom stereocenters. The summed E-state index contributed by atoms with van der Waals surface area (Å²) in [4.78, 5) is 0. The van der Waals surface area contributed by atoms with E-state index in [1.54, 1.807) is 7.11 Å². The van der Waals surface area contributed by atoms with E-state index in [1.807, 2.05) is 0 Å². The maximum Gasteiger partial charge on any atom is 0.0618 e. The average molecular weight is 215 g/mol. The number of nitrogens with one attached hydrogen (secondary N) is 1. The molecule has 1 aliphatic heterocycles. The molecule has 3 heteroatoms. The van der Waals surface area contributed by atoms with Gasteiger partial charge in [-0.15, -0.1) is 0 Å². The predicted molar refractivity (Wildman–Crippen MR) is 62.0 cm³/mol. The highest BCUT2D eigenvalue weighted by molar-refractivity contribution is 4.93. The van der Waals surface area contributed by atoms with Crippen molar-refractivity contribution in [3.05, 3.63) is 0 Å². The largest absolute Gasteiger partial charge is 0.383 e. The van der Waals surface area contributed by atoms with Crippen molar-refractivity contribution in [3.8, 4) is 0 Å². The SMILES string of the molecule is COCCNCC1(C(C)C)CCOC1C. The predicted octanol–water partition coefficient (Wildman–Crippen LogP) is 1.67. The molecule has 1 fully saturated rings. The molecule has 0 bridgehead atoms. The van der Waals surface area contributed by atoms with Gasteiger partial charge in [0.1, 0.15) is 0 Å². The van der Waals surface area contributed by atoms with Gasteiger partial charge in [-0.1, -0.05) is 13.8 Å². The molecule has 90 valence electrons. The molecule has 0 radical (unpaired) electrons. The van der Waals surface area contributed by atoms with Gasteiger partial charge in [0.05, 0.1) is 12.7 Å². The molecular formula is C12H25NO2. The molecule has 0 aromatic carbocycles. The summed E-state index contributed by atoms with van der Waals surface area (Å²) in [5.74, 6) is 0.657. The van der Waals surface area contributed by atoms with Crippen molar-refractivity contribution >= 4 is 0 Å². The van der Waals surface area contributed by atoms with Crippen LogP contribution in [0.5, 0.6) is 0 Å². The lowest BCUT2D eigenvalue weighted by Crippen LogP contribution is -2.44. The normalized spacial score (nSPS) is 31.4. The molecule has 0 amide bonds. The van der Waals surface area contributed by atoms with Crippen LogP contribution in [-0.2, 0) is 9.47 Å². The van der Waals surface area contributed by atoms with E-state index in [1.165, 1.54) is 6.42 Å². The Balaban J connectivity index is 2.43. The van der Waals surface area contributed by atoms with Crippen molar-refractivity contribution < 1.29 is 9.47 Å². The molecule has 0 spiro atoms. The van der Waals surface area contributed by atoms with Gasteiger partial charge in [-0.3, -0.25) is 0 Å². The minimum atomic E-state index is 0.313. The van der Waals surface area contributed by atoms with E-state index < -0.39 is 0 Å². The van der Waals surface area contributed by atoms with Crippen LogP contribution in [0.15, 0.2) is 0 Å². The van der Waals surface area contributed by atoms with Gasteiger partial charge in [0.25, 0.3) is 0 Å². The Hall–Kier alpha value is -0.120. The lowest BCUT2D eigenvalue weighted by molar-refractivity contribution is 0.0364. The summed E-state index contributed by atoms with van der Waals surface area (Å²) in [6, 6.07) is 0. The van der Waals surface area contributed by atoms with Gasteiger partial charge in [0.15, 0.2) is 0 Å². The van der Waals surface area contributed by atoms with E-state index in [0.29, 0.717) is 17.4 Å². The molecule has 0 aromatic heterocycles. The van der Waals surface area contributed by atoms with Gasteiger partial charge >= 0.3 is 0 Å². The van der Waals surface area contributed by atoms with Gasteiger partial charge in [0, 0.05) is 32.2 Å². The fourth-order valence-corrected chi connectivity index (χ4v) is 2.48. The minimum Gasteiger partial charge on any atom is -0.383 e. The second-order valence-corrected chi connectivity index (χ2v) is 4.82. The van der Waals surface area contributed by atoms with Gasteiger partial charge in [-0.05, 0) is 19.3 Å². The zero-order valence-electron chi connectivity index (χ0n) is 10.5. The first kappa shape index (κ1) is 12.9. The summed E-state index contributed by atoms with van der Waals surface area (Å²) >= 11 is 0. The third-order valence-electron chi connectivity index (χ3n) is 3.83. The quantitative estimate of drug-likeness (QED) is 0.684. The molecule has 2 atom stereocenters. The summed E-state index contributed by atoms with van der Waals surface area (Å²) in [5, 5.41) is 3.48. The number of hydrogen-bond acceptors (Lipinski definition) is 3. The Labute approximate surface area is 93.5 Å². The first-order chi connectivity index (χ1) is 7.13. The van der Waals surface area contributed by atoms with Crippen LogP contribution < -0.4 is 5.32 Å². The van der Waals surface area contributed by atoms with Crippen LogP contribution in [0.1, 0.15) is 27.2 Å². The zero-order chi connectivity index (χ0) is 11.3. The van der Waals surface area contributed by atoms with Crippen LogP contribution in [0.2, 0.25) is 0 Å². The van der Waals surface area contributed by atoms with Crippen molar-refractivity contribution in [1.29, 1.82) is 0 Å². The maximum atomic E-state index is 5.72. The van der Waals surface area contributed by atoms with Crippen LogP contribution in [0.25, 0.3) is 0 Å². The molecule has 1 heterocycles. The molecular weight excluding hydrogens is 190 g/mol. The second kappa shape index (κ2) is 5.83. The van der Waals surface area contributed by atoms with Crippen LogP contribution in [0.3, 0.4) is 0 Å². The van der Waals surface area contributed by atoms with Crippen LogP contribution in [0.4, 0.5) is 0 Å². The summed E-state index contributed by atoms with van der Waals surface area (Å²) in [6.45, 7) is 10.4. The first-order valence-electron chi connectivity index (χ1n) is 5.94. The lowest BCUT2D eigenvalue weighted by atomic mass is 9.72. The molecule has 1 saturated heterocycles. The lowest BCUT2D eigenvalue weighted by Gasteiger charge is -2.36. The molecule has 1 N–H and O–H groups in total. The van der Waals surface area contributed by atoms with E-state index in [0.717, 1.165) is 26.3 Å². The number of rotatable bonds is 6. The number of methoxy groups -OCH3 is 1. The van der Waals surface area contributed by atoms with Crippen molar-refractivity contribution in [2.75, 3.05) is 33.4 Å². The molecule has 15 heavy (non-hydrogen) atoms. The number of hydrogen-bond donors (Lipinski definition) is 1. The second-order valence-electron chi connectivity index (χ2n) is 4.82. The maximum absolute atomic E-state index is 5.72. The molecule has 1 rings (SSSR count). The average Bonchev–Trinajstić information content (AvgIpc) is 2.56.